The number of benzene rings is 1. The number of rotatable bonds is 3. The summed E-state index contributed by atoms with van der Waals surface area (Å²) in [6, 6.07) is 6.70. The maximum atomic E-state index is 12.5. The van der Waals surface area contributed by atoms with Crippen molar-refractivity contribution < 1.29 is 9.72 Å². The summed E-state index contributed by atoms with van der Waals surface area (Å²) >= 11 is 1.55. The van der Waals surface area contributed by atoms with Crippen LogP contribution in [0.2, 0.25) is 0 Å². The Labute approximate surface area is 138 Å². The molecule has 0 spiro atoms. The van der Waals surface area contributed by atoms with Gasteiger partial charge in [0.15, 0.2) is 0 Å². The molecule has 0 bridgehead atoms. The number of anilines is 1. The molecule has 2 aromatic rings. The summed E-state index contributed by atoms with van der Waals surface area (Å²) in [5.74, 6) is -0.188. The SMILES string of the molecule is Cc1c(NC(=O)c2cc3c(s2)CCCCC3)cccc1[N+](=O)[O-]. The number of aryl methyl sites for hydroxylation is 2. The molecule has 1 aromatic heterocycles. The van der Waals surface area contributed by atoms with Crippen molar-refractivity contribution in [3.63, 3.8) is 0 Å². The van der Waals surface area contributed by atoms with Crippen molar-refractivity contribution in [1.82, 2.24) is 0 Å². The molecule has 5 nitrogen and oxygen atoms in total. The highest BCUT2D eigenvalue weighted by molar-refractivity contribution is 7.14. The average molecular weight is 330 g/mol. The Morgan fingerprint density at radius 3 is 2.83 bits per heavy atom. The van der Waals surface area contributed by atoms with E-state index >= 15 is 0 Å². The Morgan fingerprint density at radius 1 is 1.26 bits per heavy atom. The molecule has 3 rings (SSSR count). The molecule has 0 saturated heterocycles. The molecule has 0 saturated carbocycles. The first-order valence-electron chi connectivity index (χ1n) is 7.73. The monoisotopic (exact) mass is 330 g/mol. The quantitative estimate of drug-likeness (QED) is 0.512. The number of nitro benzene ring substituents is 1. The van der Waals surface area contributed by atoms with Gasteiger partial charge in [0.1, 0.15) is 0 Å². The summed E-state index contributed by atoms with van der Waals surface area (Å²) in [7, 11) is 0. The molecule has 0 atom stereocenters. The van der Waals surface area contributed by atoms with Crippen LogP contribution in [0.4, 0.5) is 11.4 Å². The first-order chi connectivity index (χ1) is 11.1. The highest BCUT2D eigenvalue weighted by Crippen LogP contribution is 2.30. The smallest absolute Gasteiger partial charge is 0.274 e. The molecular weight excluding hydrogens is 312 g/mol. The van der Waals surface area contributed by atoms with E-state index in [-0.39, 0.29) is 11.6 Å². The number of hydrogen-bond acceptors (Lipinski definition) is 4. The standard InChI is InChI=1S/C17H18N2O3S/c1-11-13(7-5-8-14(11)19(21)22)18-17(20)16-10-12-6-3-2-4-9-15(12)23-16/h5,7-8,10H,2-4,6,9H2,1H3,(H,18,20). The number of nitro groups is 1. The molecule has 0 aliphatic heterocycles. The van der Waals surface area contributed by atoms with Gasteiger partial charge in [-0.3, -0.25) is 14.9 Å². The highest BCUT2D eigenvalue weighted by atomic mass is 32.1. The fraction of sp³-hybridized carbons (Fsp3) is 0.353. The number of thiophene rings is 1. The molecule has 1 aromatic carbocycles. The molecule has 1 amide bonds. The van der Waals surface area contributed by atoms with Crippen molar-refractivity contribution in [3.05, 3.63) is 55.3 Å². The van der Waals surface area contributed by atoms with E-state index in [1.165, 1.54) is 35.8 Å². The van der Waals surface area contributed by atoms with Gasteiger partial charge in [-0.2, -0.15) is 0 Å². The van der Waals surface area contributed by atoms with Crippen molar-refractivity contribution in [3.8, 4) is 0 Å². The van der Waals surface area contributed by atoms with Crippen LogP contribution < -0.4 is 5.32 Å². The lowest BCUT2D eigenvalue weighted by molar-refractivity contribution is -0.385. The maximum Gasteiger partial charge on any atom is 0.274 e. The lowest BCUT2D eigenvalue weighted by Gasteiger charge is -2.07. The summed E-state index contributed by atoms with van der Waals surface area (Å²) in [5.41, 5.74) is 2.27. The van der Waals surface area contributed by atoms with Crippen LogP contribution in [-0.2, 0) is 12.8 Å². The summed E-state index contributed by atoms with van der Waals surface area (Å²) in [6.45, 7) is 1.65. The molecule has 120 valence electrons. The molecular formula is C17H18N2O3S. The summed E-state index contributed by atoms with van der Waals surface area (Å²) in [4.78, 5) is 25.0. The predicted octanol–water partition coefficient (Wildman–Crippen LogP) is 4.49. The number of fused-ring (bicyclic) bond motifs is 1. The number of amides is 1. The van der Waals surface area contributed by atoms with Crippen molar-refractivity contribution in [2.75, 3.05) is 5.32 Å². The average Bonchev–Trinajstić information content (AvgIpc) is 2.80. The number of nitrogens with one attached hydrogen (secondary N) is 1. The third-order valence-electron chi connectivity index (χ3n) is 4.22. The minimum absolute atomic E-state index is 0.0183. The van der Waals surface area contributed by atoms with Gasteiger partial charge in [-0.15, -0.1) is 11.3 Å². The van der Waals surface area contributed by atoms with Crippen LogP contribution in [0.5, 0.6) is 0 Å². The Kier molecular flexibility index (Phi) is 4.43. The molecule has 1 aliphatic carbocycles. The van der Waals surface area contributed by atoms with Gasteiger partial charge in [-0.05, 0) is 50.3 Å². The Bertz CT molecular complexity index is 744. The van der Waals surface area contributed by atoms with Crippen LogP contribution in [0.25, 0.3) is 0 Å². The van der Waals surface area contributed by atoms with Gasteiger partial charge >= 0.3 is 0 Å². The third kappa shape index (κ3) is 3.27. The van der Waals surface area contributed by atoms with E-state index in [1.54, 1.807) is 30.4 Å². The van der Waals surface area contributed by atoms with Crippen molar-refractivity contribution in [2.45, 2.75) is 39.0 Å². The predicted molar refractivity (Wildman–Crippen MR) is 91.4 cm³/mol. The number of nitrogens with zero attached hydrogens (tertiary/aromatic N) is 1. The first-order valence-corrected chi connectivity index (χ1v) is 8.55. The summed E-state index contributed by atoms with van der Waals surface area (Å²) in [5, 5.41) is 13.8. The molecule has 1 heterocycles. The van der Waals surface area contributed by atoms with Crippen LogP contribution in [0.15, 0.2) is 24.3 Å². The van der Waals surface area contributed by atoms with E-state index in [9.17, 15) is 14.9 Å². The summed E-state index contributed by atoms with van der Waals surface area (Å²) in [6.07, 6.45) is 5.68. The molecule has 1 N–H and O–H groups in total. The van der Waals surface area contributed by atoms with E-state index in [1.807, 2.05) is 6.07 Å². The fourth-order valence-electron chi connectivity index (χ4n) is 2.92. The van der Waals surface area contributed by atoms with E-state index < -0.39 is 4.92 Å². The van der Waals surface area contributed by atoms with Gasteiger partial charge in [0, 0.05) is 10.9 Å². The fourth-order valence-corrected chi connectivity index (χ4v) is 4.07. The number of hydrogen-bond donors (Lipinski definition) is 1. The molecule has 0 unspecified atom stereocenters. The van der Waals surface area contributed by atoms with Crippen LogP contribution in [0.1, 0.15) is 44.9 Å². The second-order valence-corrected chi connectivity index (χ2v) is 6.92. The largest absolute Gasteiger partial charge is 0.321 e. The van der Waals surface area contributed by atoms with E-state index in [4.69, 9.17) is 0 Å². The Hall–Kier alpha value is -2.21. The first kappa shape index (κ1) is 15.7. The normalized spacial score (nSPS) is 14.0. The zero-order valence-corrected chi connectivity index (χ0v) is 13.7. The van der Waals surface area contributed by atoms with E-state index in [2.05, 4.69) is 5.32 Å². The molecule has 6 heteroatoms. The molecule has 0 radical (unpaired) electrons. The third-order valence-corrected chi connectivity index (χ3v) is 5.46. The Balaban J connectivity index is 1.82. The van der Waals surface area contributed by atoms with Crippen molar-refractivity contribution >= 4 is 28.6 Å². The lowest BCUT2D eigenvalue weighted by atomic mass is 10.1. The van der Waals surface area contributed by atoms with Crippen LogP contribution in [-0.4, -0.2) is 10.8 Å². The zero-order chi connectivity index (χ0) is 16.4. The Morgan fingerprint density at radius 2 is 2.04 bits per heavy atom. The van der Waals surface area contributed by atoms with Crippen LogP contribution in [0, 0.1) is 17.0 Å². The lowest BCUT2D eigenvalue weighted by Crippen LogP contribution is -2.11. The van der Waals surface area contributed by atoms with Crippen LogP contribution in [0.3, 0.4) is 0 Å². The minimum atomic E-state index is -0.432. The highest BCUT2D eigenvalue weighted by Gasteiger charge is 2.19. The topological polar surface area (TPSA) is 72.2 Å². The summed E-state index contributed by atoms with van der Waals surface area (Å²) < 4.78 is 0. The molecule has 23 heavy (non-hydrogen) atoms. The van der Waals surface area contributed by atoms with Gasteiger partial charge in [0.05, 0.1) is 21.1 Å². The second-order valence-electron chi connectivity index (χ2n) is 5.78. The second kappa shape index (κ2) is 6.50. The zero-order valence-electron chi connectivity index (χ0n) is 12.9. The molecule has 1 aliphatic rings. The minimum Gasteiger partial charge on any atom is -0.321 e. The van der Waals surface area contributed by atoms with Crippen molar-refractivity contribution in [2.24, 2.45) is 0 Å². The van der Waals surface area contributed by atoms with Gasteiger partial charge in [-0.1, -0.05) is 12.5 Å². The number of carbonyl (C=O) groups is 1. The van der Waals surface area contributed by atoms with E-state index in [0.717, 1.165) is 12.8 Å². The van der Waals surface area contributed by atoms with Crippen molar-refractivity contribution in [1.29, 1.82) is 0 Å². The maximum absolute atomic E-state index is 12.5. The molecule has 0 fully saturated rings. The van der Waals surface area contributed by atoms with Gasteiger partial charge in [0.25, 0.3) is 11.6 Å². The van der Waals surface area contributed by atoms with Gasteiger partial charge < -0.3 is 5.32 Å². The van der Waals surface area contributed by atoms with Crippen LogP contribution >= 0.6 is 11.3 Å². The van der Waals surface area contributed by atoms with E-state index in [0.29, 0.717) is 16.1 Å². The van der Waals surface area contributed by atoms with Gasteiger partial charge in [-0.25, -0.2) is 0 Å². The number of carbonyl (C=O) groups excluding carboxylic acids is 1. The van der Waals surface area contributed by atoms with Gasteiger partial charge in [0.2, 0.25) is 0 Å².